The van der Waals surface area contributed by atoms with Gasteiger partial charge in [-0.05, 0) is 49.7 Å². The molecule has 0 spiro atoms. The van der Waals surface area contributed by atoms with Gasteiger partial charge in [0, 0.05) is 32.9 Å². The molecule has 7 nitrogen and oxygen atoms in total. The number of fused-ring (bicyclic) bond motifs is 1. The summed E-state index contributed by atoms with van der Waals surface area (Å²) in [5.41, 5.74) is 2.07. The number of rotatable bonds is 5. The van der Waals surface area contributed by atoms with E-state index in [9.17, 15) is 4.79 Å². The molecule has 2 unspecified atom stereocenters. The summed E-state index contributed by atoms with van der Waals surface area (Å²) in [6.45, 7) is 5.81. The molecule has 0 saturated carbocycles. The normalized spacial score (nSPS) is 26.5. The number of benzene rings is 1. The number of piperazine rings is 1. The van der Waals surface area contributed by atoms with Crippen molar-refractivity contribution in [3.05, 3.63) is 51.8 Å². The molecule has 33 heavy (non-hydrogen) atoms. The Morgan fingerprint density at radius 3 is 2.58 bits per heavy atom. The van der Waals surface area contributed by atoms with Crippen molar-refractivity contribution in [2.45, 2.75) is 43.9 Å². The number of hydrogen-bond donors (Lipinski definition) is 0. The lowest BCUT2D eigenvalue weighted by Gasteiger charge is -2.54. The van der Waals surface area contributed by atoms with Crippen molar-refractivity contribution in [2.24, 2.45) is 7.05 Å². The van der Waals surface area contributed by atoms with E-state index in [1.54, 1.807) is 12.1 Å². The molecule has 3 aliphatic heterocycles. The second-order valence-electron chi connectivity index (χ2n) is 9.33. The molecule has 1 amide bonds. The number of carbonyl (C=O) groups excluding carboxylic acids is 1. The number of carbonyl (C=O) groups is 1. The zero-order valence-electron chi connectivity index (χ0n) is 19.0. The van der Waals surface area contributed by atoms with Crippen molar-refractivity contribution in [1.29, 1.82) is 0 Å². The molecular weight excluding hydrogens is 461 g/mol. The van der Waals surface area contributed by atoms with Crippen LogP contribution in [0.1, 0.15) is 24.1 Å². The molecule has 3 aliphatic rings. The molecule has 3 atom stereocenters. The number of nitrogens with zero attached hydrogens (tertiary/aromatic N) is 5. The largest absolute Gasteiger partial charge is 0.378 e. The van der Waals surface area contributed by atoms with E-state index in [0.29, 0.717) is 36.2 Å². The second-order valence-corrected chi connectivity index (χ2v) is 10.1. The van der Waals surface area contributed by atoms with Gasteiger partial charge in [-0.15, -0.1) is 0 Å². The topological polar surface area (TPSA) is 53.8 Å². The first kappa shape index (κ1) is 23.1. The Kier molecular flexibility index (Phi) is 6.95. The Labute approximate surface area is 205 Å². The third kappa shape index (κ3) is 4.80. The highest BCUT2D eigenvalue weighted by molar-refractivity contribution is 6.42. The van der Waals surface area contributed by atoms with Crippen LogP contribution in [0.4, 0.5) is 0 Å². The van der Waals surface area contributed by atoms with E-state index in [4.69, 9.17) is 27.9 Å². The van der Waals surface area contributed by atoms with Crippen LogP contribution in [0, 0.1) is 0 Å². The highest BCUT2D eigenvalue weighted by Crippen LogP contribution is 2.31. The minimum absolute atomic E-state index is 0.106. The van der Waals surface area contributed by atoms with E-state index in [1.807, 2.05) is 24.0 Å². The highest BCUT2D eigenvalue weighted by atomic mass is 35.5. The van der Waals surface area contributed by atoms with Gasteiger partial charge in [-0.3, -0.25) is 19.3 Å². The number of amides is 1. The first-order valence-corrected chi connectivity index (χ1v) is 12.5. The van der Waals surface area contributed by atoms with Gasteiger partial charge in [0.1, 0.15) is 0 Å². The number of hydrogen-bond acceptors (Lipinski definition) is 5. The SMILES string of the molecule is Cn1nccc1CN1CCN(C(=O)Cc2ccc(Cl)c(Cl)c2)[C@@H]2C(N3CCCC3)COCC21. The summed E-state index contributed by atoms with van der Waals surface area (Å²) in [6.07, 6.45) is 4.59. The molecule has 3 saturated heterocycles. The zero-order valence-corrected chi connectivity index (χ0v) is 20.5. The Balaban J connectivity index is 1.40. The Morgan fingerprint density at radius 2 is 1.85 bits per heavy atom. The Morgan fingerprint density at radius 1 is 1.06 bits per heavy atom. The molecule has 0 N–H and O–H groups in total. The lowest BCUT2D eigenvalue weighted by Crippen LogP contribution is -2.71. The zero-order chi connectivity index (χ0) is 22.9. The molecule has 0 radical (unpaired) electrons. The van der Waals surface area contributed by atoms with Crippen molar-refractivity contribution in [2.75, 3.05) is 39.4 Å². The monoisotopic (exact) mass is 491 g/mol. The van der Waals surface area contributed by atoms with Crippen LogP contribution in [0.2, 0.25) is 10.0 Å². The summed E-state index contributed by atoms with van der Waals surface area (Å²) in [5.74, 6) is 0.148. The maximum absolute atomic E-state index is 13.6. The molecule has 5 rings (SSSR count). The van der Waals surface area contributed by atoms with E-state index in [2.05, 4.69) is 25.9 Å². The van der Waals surface area contributed by atoms with Gasteiger partial charge in [0.2, 0.25) is 5.91 Å². The first-order chi connectivity index (χ1) is 16.0. The number of halogens is 2. The van der Waals surface area contributed by atoms with Gasteiger partial charge >= 0.3 is 0 Å². The van der Waals surface area contributed by atoms with Crippen LogP contribution in [-0.4, -0.2) is 87.9 Å². The average Bonchev–Trinajstić information content (AvgIpc) is 3.48. The highest BCUT2D eigenvalue weighted by Gasteiger charge is 2.47. The van der Waals surface area contributed by atoms with Crippen LogP contribution in [0.15, 0.2) is 30.5 Å². The number of aryl methyl sites for hydroxylation is 1. The van der Waals surface area contributed by atoms with Crippen molar-refractivity contribution in [3.63, 3.8) is 0 Å². The van der Waals surface area contributed by atoms with E-state index < -0.39 is 0 Å². The van der Waals surface area contributed by atoms with Crippen LogP contribution in [-0.2, 0) is 29.5 Å². The van der Waals surface area contributed by atoms with Crippen LogP contribution in [0.25, 0.3) is 0 Å². The van der Waals surface area contributed by atoms with Gasteiger partial charge in [-0.25, -0.2) is 0 Å². The first-order valence-electron chi connectivity index (χ1n) is 11.8. The fourth-order valence-corrected chi connectivity index (χ4v) is 5.94. The fraction of sp³-hybridized carbons (Fsp3) is 0.583. The third-order valence-electron chi connectivity index (χ3n) is 7.38. The molecule has 3 fully saturated rings. The number of likely N-dealkylation sites (tertiary alicyclic amines) is 1. The Bertz CT molecular complexity index is 993. The van der Waals surface area contributed by atoms with Crippen molar-refractivity contribution < 1.29 is 9.53 Å². The fourth-order valence-electron chi connectivity index (χ4n) is 5.62. The molecule has 178 valence electrons. The summed E-state index contributed by atoms with van der Waals surface area (Å²) in [7, 11) is 1.98. The van der Waals surface area contributed by atoms with Crippen molar-refractivity contribution in [1.82, 2.24) is 24.5 Å². The van der Waals surface area contributed by atoms with Crippen LogP contribution in [0.3, 0.4) is 0 Å². The third-order valence-corrected chi connectivity index (χ3v) is 8.12. The van der Waals surface area contributed by atoms with Gasteiger partial charge < -0.3 is 9.64 Å². The van der Waals surface area contributed by atoms with E-state index in [0.717, 1.165) is 31.7 Å². The summed E-state index contributed by atoms with van der Waals surface area (Å²) in [6, 6.07) is 8.02. The molecule has 0 aliphatic carbocycles. The molecule has 1 aromatic heterocycles. The number of ether oxygens (including phenoxy) is 1. The van der Waals surface area contributed by atoms with E-state index in [-0.39, 0.29) is 24.0 Å². The molecule has 4 heterocycles. The summed E-state index contributed by atoms with van der Waals surface area (Å²) >= 11 is 12.3. The van der Waals surface area contributed by atoms with Crippen molar-refractivity contribution in [3.8, 4) is 0 Å². The quantitative estimate of drug-likeness (QED) is 0.643. The maximum Gasteiger partial charge on any atom is 0.227 e. The smallest absolute Gasteiger partial charge is 0.227 e. The summed E-state index contributed by atoms with van der Waals surface area (Å²) in [5, 5.41) is 5.33. The second kappa shape index (κ2) is 9.92. The van der Waals surface area contributed by atoms with Crippen molar-refractivity contribution >= 4 is 29.1 Å². The standard InChI is InChI=1S/C24H31Cl2N5O2/c1-28-18(6-7-27-28)14-30-10-11-31(23(32)13-17-4-5-19(25)20(26)12-17)24-21(15-33-16-22(24)30)29-8-2-3-9-29/h4-7,12,21-22,24H,2-3,8-11,13-16H2,1H3/t21?,22?,24-/m1/s1. The average molecular weight is 492 g/mol. The maximum atomic E-state index is 13.6. The minimum Gasteiger partial charge on any atom is -0.378 e. The van der Waals surface area contributed by atoms with E-state index >= 15 is 0 Å². The molecule has 1 aromatic carbocycles. The lowest BCUT2D eigenvalue weighted by molar-refractivity contribution is -0.153. The predicted molar refractivity (Wildman–Crippen MR) is 128 cm³/mol. The van der Waals surface area contributed by atoms with Gasteiger partial charge in [0.15, 0.2) is 0 Å². The summed E-state index contributed by atoms with van der Waals surface area (Å²) < 4.78 is 8.07. The van der Waals surface area contributed by atoms with E-state index in [1.165, 1.54) is 18.5 Å². The molecule has 2 aromatic rings. The Hall–Kier alpha value is -1.64. The lowest BCUT2D eigenvalue weighted by atomic mass is 9.90. The number of aromatic nitrogens is 2. The minimum atomic E-state index is 0.106. The van der Waals surface area contributed by atoms with Crippen LogP contribution < -0.4 is 0 Å². The molecule has 9 heteroatoms. The van der Waals surface area contributed by atoms with Gasteiger partial charge in [0.25, 0.3) is 0 Å². The van der Waals surface area contributed by atoms with Gasteiger partial charge in [-0.2, -0.15) is 5.10 Å². The predicted octanol–water partition coefficient (Wildman–Crippen LogP) is 2.85. The van der Waals surface area contributed by atoms with Crippen LogP contribution in [0.5, 0.6) is 0 Å². The van der Waals surface area contributed by atoms with Crippen LogP contribution >= 0.6 is 23.2 Å². The van der Waals surface area contributed by atoms with Gasteiger partial charge in [-0.1, -0.05) is 29.3 Å². The molecular formula is C24H31Cl2N5O2. The molecule has 0 bridgehead atoms. The summed E-state index contributed by atoms with van der Waals surface area (Å²) in [4.78, 5) is 20.7. The van der Waals surface area contributed by atoms with Gasteiger partial charge in [0.05, 0.1) is 53.5 Å².